The number of carboxylic acid groups (broad SMARTS) is 1. The first-order valence-corrected chi connectivity index (χ1v) is 6.95. The number of likely N-dealkylation sites (tertiary alicyclic amines) is 1. The van der Waals surface area contributed by atoms with Crippen LogP contribution in [-0.4, -0.2) is 34.6 Å². The highest BCUT2D eigenvalue weighted by molar-refractivity contribution is 5.79. The Hall–Kier alpha value is -2.11. The Morgan fingerprint density at radius 1 is 1.29 bits per heavy atom. The lowest BCUT2D eigenvalue weighted by molar-refractivity contribution is -0.142. The Kier molecular flexibility index (Phi) is 3.53. The molecule has 0 saturated carbocycles. The van der Waals surface area contributed by atoms with Gasteiger partial charge in [-0.25, -0.2) is 0 Å². The van der Waals surface area contributed by atoms with E-state index in [4.69, 9.17) is 10.2 Å². The molecule has 1 aliphatic heterocycles. The smallest absolute Gasteiger partial charge is 0.325 e. The van der Waals surface area contributed by atoms with Gasteiger partial charge in [-0.2, -0.15) is 0 Å². The standard InChI is InChI=1S/C16H18N2O3/c17-16(15(19)20)8-9-18(11-16)14(13-7-4-10-21-13)12-5-2-1-3-6-12/h1-7,10,14H,8-9,11,17H2,(H,19,20). The molecule has 3 rings (SSSR count). The average molecular weight is 286 g/mol. The number of carbonyl (C=O) groups is 1. The number of benzene rings is 1. The zero-order chi connectivity index (χ0) is 14.9. The summed E-state index contributed by atoms with van der Waals surface area (Å²) in [6.45, 7) is 0.936. The van der Waals surface area contributed by atoms with Gasteiger partial charge in [-0.05, 0) is 24.1 Å². The third-order valence-corrected chi connectivity index (χ3v) is 4.05. The monoisotopic (exact) mass is 286 g/mol. The number of nitrogens with two attached hydrogens (primary N) is 1. The number of rotatable bonds is 4. The lowest BCUT2D eigenvalue weighted by atomic mass is 10.00. The molecule has 0 aliphatic carbocycles. The van der Waals surface area contributed by atoms with Crippen molar-refractivity contribution in [2.24, 2.45) is 5.73 Å². The molecule has 0 radical (unpaired) electrons. The molecule has 1 aromatic heterocycles. The average Bonchev–Trinajstić information content (AvgIpc) is 3.12. The number of hydrogen-bond acceptors (Lipinski definition) is 4. The van der Waals surface area contributed by atoms with Crippen molar-refractivity contribution in [3.8, 4) is 0 Å². The summed E-state index contributed by atoms with van der Waals surface area (Å²) < 4.78 is 5.56. The van der Waals surface area contributed by atoms with E-state index in [-0.39, 0.29) is 6.04 Å². The van der Waals surface area contributed by atoms with Crippen molar-refractivity contribution in [2.45, 2.75) is 18.0 Å². The van der Waals surface area contributed by atoms with E-state index < -0.39 is 11.5 Å². The molecular formula is C16H18N2O3. The van der Waals surface area contributed by atoms with Crippen LogP contribution in [0.4, 0.5) is 0 Å². The highest BCUT2D eigenvalue weighted by atomic mass is 16.4. The number of furan rings is 1. The lowest BCUT2D eigenvalue weighted by Crippen LogP contribution is -2.50. The molecule has 5 nitrogen and oxygen atoms in total. The van der Waals surface area contributed by atoms with Crippen LogP contribution in [0.2, 0.25) is 0 Å². The summed E-state index contributed by atoms with van der Waals surface area (Å²) >= 11 is 0. The van der Waals surface area contributed by atoms with Crippen molar-refractivity contribution in [1.29, 1.82) is 0 Å². The number of hydrogen-bond donors (Lipinski definition) is 2. The third kappa shape index (κ3) is 2.57. The van der Waals surface area contributed by atoms with Gasteiger partial charge in [0, 0.05) is 13.1 Å². The Balaban J connectivity index is 1.93. The largest absolute Gasteiger partial charge is 0.480 e. The fourth-order valence-electron chi connectivity index (χ4n) is 2.90. The Morgan fingerprint density at radius 2 is 2.05 bits per heavy atom. The van der Waals surface area contributed by atoms with Gasteiger partial charge in [-0.3, -0.25) is 9.69 Å². The molecule has 1 saturated heterocycles. The fourth-order valence-corrected chi connectivity index (χ4v) is 2.90. The third-order valence-electron chi connectivity index (χ3n) is 4.05. The zero-order valence-corrected chi connectivity index (χ0v) is 11.6. The molecule has 1 fully saturated rings. The predicted octanol–water partition coefficient (Wildman–Crippen LogP) is 1.86. The van der Waals surface area contributed by atoms with Gasteiger partial charge in [0.1, 0.15) is 11.3 Å². The number of carboxylic acids is 1. The molecule has 0 spiro atoms. The van der Waals surface area contributed by atoms with E-state index in [9.17, 15) is 9.90 Å². The Morgan fingerprint density at radius 3 is 2.62 bits per heavy atom. The summed E-state index contributed by atoms with van der Waals surface area (Å²) in [6, 6.07) is 13.6. The highest BCUT2D eigenvalue weighted by Crippen LogP contribution is 2.34. The number of aliphatic carboxylic acids is 1. The summed E-state index contributed by atoms with van der Waals surface area (Å²) in [5.41, 5.74) is 5.88. The maximum absolute atomic E-state index is 11.3. The maximum atomic E-state index is 11.3. The minimum Gasteiger partial charge on any atom is -0.480 e. The molecule has 0 amide bonds. The van der Waals surface area contributed by atoms with E-state index in [1.54, 1.807) is 6.26 Å². The van der Waals surface area contributed by atoms with Crippen molar-refractivity contribution in [2.75, 3.05) is 13.1 Å². The van der Waals surface area contributed by atoms with E-state index in [0.29, 0.717) is 19.5 Å². The molecule has 110 valence electrons. The van der Waals surface area contributed by atoms with E-state index in [1.807, 2.05) is 42.5 Å². The first-order chi connectivity index (χ1) is 10.1. The van der Waals surface area contributed by atoms with Crippen molar-refractivity contribution in [3.63, 3.8) is 0 Å². The molecule has 21 heavy (non-hydrogen) atoms. The van der Waals surface area contributed by atoms with Gasteiger partial charge >= 0.3 is 5.97 Å². The number of nitrogens with zero attached hydrogens (tertiary/aromatic N) is 1. The summed E-state index contributed by atoms with van der Waals surface area (Å²) in [6.07, 6.45) is 2.07. The van der Waals surface area contributed by atoms with E-state index in [1.165, 1.54) is 0 Å². The van der Waals surface area contributed by atoms with Crippen LogP contribution < -0.4 is 5.73 Å². The Bertz CT molecular complexity index is 612. The van der Waals surface area contributed by atoms with Crippen LogP contribution >= 0.6 is 0 Å². The second kappa shape index (κ2) is 5.35. The van der Waals surface area contributed by atoms with E-state index in [0.717, 1.165) is 11.3 Å². The first kappa shape index (κ1) is 13.9. The van der Waals surface area contributed by atoms with Crippen LogP contribution in [0.25, 0.3) is 0 Å². The van der Waals surface area contributed by atoms with Crippen LogP contribution in [0.1, 0.15) is 23.8 Å². The molecule has 2 atom stereocenters. The summed E-state index contributed by atoms with van der Waals surface area (Å²) in [4.78, 5) is 13.4. The predicted molar refractivity (Wildman–Crippen MR) is 77.7 cm³/mol. The van der Waals surface area contributed by atoms with Crippen LogP contribution in [0.5, 0.6) is 0 Å². The zero-order valence-electron chi connectivity index (χ0n) is 11.6. The molecule has 0 bridgehead atoms. The minimum atomic E-state index is -1.18. The minimum absolute atomic E-state index is 0.106. The first-order valence-electron chi connectivity index (χ1n) is 6.95. The van der Waals surface area contributed by atoms with Gasteiger partial charge in [-0.15, -0.1) is 0 Å². The summed E-state index contributed by atoms with van der Waals surface area (Å²) in [5, 5.41) is 9.30. The SMILES string of the molecule is NC1(C(=O)O)CCN(C(c2ccccc2)c2ccco2)C1. The van der Waals surface area contributed by atoms with Crippen LogP contribution in [0, 0.1) is 0 Å². The summed E-state index contributed by atoms with van der Waals surface area (Å²) in [7, 11) is 0. The molecular weight excluding hydrogens is 268 g/mol. The molecule has 1 aliphatic rings. The lowest BCUT2D eigenvalue weighted by Gasteiger charge is -2.27. The Labute approximate surface area is 123 Å². The quantitative estimate of drug-likeness (QED) is 0.896. The van der Waals surface area contributed by atoms with Gasteiger partial charge in [0.05, 0.1) is 12.3 Å². The van der Waals surface area contributed by atoms with Gasteiger partial charge in [0.15, 0.2) is 0 Å². The normalized spacial score (nSPS) is 24.0. The topological polar surface area (TPSA) is 79.7 Å². The van der Waals surface area contributed by atoms with Gasteiger partial charge in [0.2, 0.25) is 0 Å². The molecule has 2 heterocycles. The van der Waals surface area contributed by atoms with Crippen LogP contribution in [0.15, 0.2) is 53.1 Å². The van der Waals surface area contributed by atoms with Gasteiger partial charge in [-0.1, -0.05) is 30.3 Å². The van der Waals surface area contributed by atoms with Crippen molar-refractivity contribution in [3.05, 3.63) is 60.1 Å². The van der Waals surface area contributed by atoms with E-state index >= 15 is 0 Å². The molecule has 3 N–H and O–H groups in total. The van der Waals surface area contributed by atoms with Gasteiger partial charge < -0.3 is 15.3 Å². The maximum Gasteiger partial charge on any atom is 0.325 e. The fraction of sp³-hybridized carbons (Fsp3) is 0.312. The van der Waals surface area contributed by atoms with Gasteiger partial charge in [0.25, 0.3) is 0 Å². The van der Waals surface area contributed by atoms with Crippen molar-refractivity contribution >= 4 is 5.97 Å². The van der Waals surface area contributed by atoms with E-state index in [2.05, 4.69) is 4.90 Å². The molecule has 1 aromatic carbocycles. The van der Waals surface area contributed by atoms with Crippen LogP contribution in [0.3, 0.4) is 0 Å². The second-order valence-electron chi connectivity index (χ2n) is 5.51. The second-order valence-corrected chi connectivity index (χ2v) is 5.51. The summed E-state index contributed by atoms with van der Waals surface area (Å²) in [5.74, 6) is -0.146. The molecule has 2 aromatic rings. The molecule has 2 unspecified atom stereocenters. The highest BCUT2D eigenvalue weighted by Gasteiger charge is 2.44. The molecule has 5 heteroatoms. The van der Waals surface area contributed by atoms with Crippen molar-refractivity contribution < 1.29 is 14.3 Å². The van der Waals surface area contributed by atoms with Crippen molar-refractivity contribution in [1.82, 2.24) is 4.90 Å². The van der Waals surface area contributed by atoms with Crippen LogP contribution in [-0.2, 0) is 4.79 Å².